The molecule has 0 unspecified atom stereocenters. The lowest BCUT2D eigenvalue weighted by Crippen LogP contribution is -2.54. The van der Waals surface area contributed by atoms with E-state index in [1.165, 1.54) is 4.68 Å². The Hall–Kier alpha value is -2.03. The molecule has 1 aliphatic heterocycles. The molecule has 8 nitrogen and oxygen atoms in total. The monoisotopic (exact) mass is 386 g/mol. The summed E-state index contributed by atoms with van der Waals surface area (Å²) in [6, 6.07) is 5.29. The van der Waals surface area contributed by atoms with Crippen molar-refractivity contribution >= 4 is 0 Å². The van der Waals surface area contributed by atoms with Crippen molar-refractivity contribution in [3.63, 3.8) is 0 Å². The van der Waals surface area contributed by atoms with Crippen molar-refractivity contribution in [3.05, 3.63) is 39.9 Å². The molecule has 0 spiro atoms. The van der Waals surface area contributed by atoms with Gasteiger partial charge >= 0.3 is 0 Å². The third kappa shape index (κ3) is 4.19. The summed E-state index contributed by atoms with van der Waals surface area (Å²) in [7, 11) is 0. The Labute approximate surface area is 165 Å². The largest absolute Gasteiger partial charge is 0.389 e. The van der Waals surface area contributed by atoms with Gasteiger partial charge in [-0.25, -0.2) is 9.36 Å². The number of aryl methyl sites for hydroxylation is 2. The predicted molar refractivity (Wildman–Crippen MR) is 107 cm³/mol. The van der Waals surface area contributed by atoms with Crippen molar-refractivity contribution in [1.29, 1.82) is 0 Å². The molecule has 1 N–H and O–H groups in total. The number of aromatic nitrogens is 4. The topological polar surface area (TPSA) is 79.4 Å². The summed E-state index contributed by atoms with van der Waals surface area (Å²) in [6.45, 7) is 9.95. The Bertz CT molecular complexity index is 877. The van der Waals surface area contributed by atoms with E-state index in [-0.39, 0.29) is 5.56 Å². The van der Waals surface area contributed by atoms with E-state index >= 15 is 0 Å². The van der Waals surface area contributed by atoms with Crippen molar-refractivity contribution in [2.45, 2.75) is 45.3 Å². The summed E-state index contributed by atoms with van der Waals surface area (Å²) in [6.07, 6.45) is 3.02. The first-order valence-corrected chi connectivity index (χ1v) is 10.2. The van der Waals surface area contributed by atoms with Crippen molar-refractivity contribution in [2.75, 3.05) is 39.3 Å². The molecular weight excluding hydrogens is 356 g/mol. The van der Waals surface area contributed by atoms with Gasteiger partial charge in [0.15, 0.2) is 5.82 Å². The highest BCUT2D eigenvalue weighted by molar-refractivity contribution is 5.23. The van der Waals surface area contributed by atoms with Gasteiger partial charge in [-0.15, -0.1) is 5.10 Å². The summed E-state index contributed by atoms with van der Waals surface area (Å²) >= 11 is 0. The average molecular weight is 387 g/mol. The normalized spacial score (nSPS) is 20.2. The fourth-order valence-electron chi connectivity index (χ4n) is 4.14. The van der Waals surface area contributed by atoms with Crippen LogP contribution in [0.25, 0.3) is 5.82 Å². The smallest absolute Gasteiger partial charge is 0.266 e. The Balaban J connectivity index is 1.33. The van der Waals surface area contributed by atoms with Gasteiger partial charge in [0.05, 0.1) is 17.8 Å². The number of β-amino-alcohol motifs (C(OH)–C–C–N with tert-alkyl or cyclic N) is 1. The SMILES string of the molecule is Cc1cc(C)n(-c2ccc(=O)n(CCN3CCN(CC4(O)CCC4)CC3)n2)n1. The molecule has 3 heterocycles. The van der Waals surface area contributed by atoms with Gasteiger partial charge < -0.3 is 5.11 Å². The zero-order valence-corrected chi connectivity index (χ0v) is 16.8. The van der Waals surface area contributed by atoms with E-state index in [1.54, 1.807) is 16.8 Å². The summed E-state index contributed by atoms with van der Waals surface area (Å²) in [5.74, 6) is 0.670. The van der Waals surface area contributed by atoms with E-state index < -0.39 is 5.60 Å². The highest BCUT2D eigenvalue weighted by Gasteiger charge is 2.36. The van der Waals surface area contributed by atoms with Crippen LogP contribution >= 0.6 is 0 Å². The Morgan fingerprint density at radius 1 is 1.04 bits per heavy atom. The Morgan fingerprint density at radius 3 is 2.36 bits per heavy atom. The molecule has 0 radical (unpaired) electrons. The van der Waals surface area contributed by atoms with Gasteiger partial charge in [0.2, 0.25) is 0 Å². The second-order valence-electron chi connectivity index (χ2n) is 8.29. The van der Waals surface area contributed by atoms with E-state index in [1.807, 2.05) is 19.9 Å². The maximum atomic E-state index is 12.2. The van der Waals surface area contributed by atoms with Crippen molar-refractivity contribution in [3.8, 4) is 5.82 Å². The van der Waals surface area contributed by atoms with Crippen LogP contribution in [0.4, 0.5) is 0 Å². The highest BCUT2D eigenvalue weighted by atomic mass is 16.3. The Kier molecular flexibility index (Phi) is 5.35. The second-order valence-corrected chi connectivity index (χ2v) is 8.29. The molecular formula is C20H30N6O2. The molecule has 2 aliphatic rings. The highest BCUT2D eigenvalue weighted by Crippen LogP contribution is 2.32. The number of hydrogen-bond donors (Lipinski definition) is 1. The molecule has 1 saturated carbocycles. The summed E-state index contributed by atoms with van der Waals surface area (Å²) < 4.78 is 3.31. The first-order chi connectivity index (χ1) is 13.4. The van der Waals surface area contributed by atoms with Crippen LogP contribution < -0.4 is 5.56 Å². The maximum Gasteiger partial charge on any atom is 0.266 e. The molecule has 0 aromatic carbocycles. The molecule has 2 aromatic rings. The van der Waals surface area contributed by atoms with Crippen LogP contribution in [0.5, 0.6) is 0 Å². The first kappa shape index (κ1) is 19.3. The number of nitrogens with zero attached hydrogens (tertiary/aromatic N) is 6. The first-order valence-electron chi connectivity index (χ1n) is 10.2. The number of hydrogen-bond acceptors (Lipinski definition) is 6. The molecule has 0 bridgehead atoms. The van der Waals surface area contributed by atoms with E-state index in [0.717, 1.165) is 69.9 Å². The van der Waals surface area contributed by atoms with Gasteiger partial charge in [-0.2, -0.15) is 5.10 Å². The molecule has 1 saturated heterocycles. The zero-order chi connectivity index (χ0) is 19.7. The van der Waals surface area contributed by atoms with Crippen LogP contribution in [0.1, 0.15) is 30.7 Å². The minimum Gasteiger partial charge on any atom is -0.389 e. The quantitative estimate of drug-likeness (QED) is 0.782. The van der Waals surface area contributed by atoms with Gasteiger partial charge in [0.25, 0.3) is 5.56 Å². The Morgan fingerprint density at radius 2 is 1.75 bits per heavy atom. The lowest BCUT2D eigenvalue weighted by atomic mass is 9.80. The van der Waals surface area contributed by atoms with Gasteiger partial charge in [-0.1, -0.05) is 0 Å². The van der Waals surface area contributed by atoms with E-state index in [2.05, 4.69) is 20.0 Å². The van der Waals surface area contributed by atoms with Crippen molar-refractivity contribution in [1.82, 2.24) is 29.4 Å². The third-order valence-electron chi connectivity index (χ3n) is 5.97. The van der Waals surface area contributed by atoms with Crippen LogP contribution in [0.2, 0.25) is 0 Å². The fraction of sp³-hybridized carbons (Fsp3) is 0.650. The molecule has 0 amide bonds. The summed E-state index contributed by atoms with van der Waals surface area (Å²) in [5.41, 5.74) is 1.40. The van der Waals surface area contributed by atoms with E-state index in [9.17, 15) is 9.90 Å². The van der Waals surface area contributed by atoms with Crippen LogP contribution in [-0.2, 0) is 6.54 Å². The molecule has 1 aliphatic carbocycles. The van der Waals surface area contributed by atoms with Crippen molar-refractivity contribution in [2.24, 2.45) is 0 Å². The summed E-state index contributed by atoms with van der Waals surface area (Å²) in [4.78, 5) is 17.0. The number of rotatable bonds is 6. The van der Waals surface area contributed by atoms with Crippen LogP contribution in [-0.4, -0.2) is 79.3 Å². The molecule has 2 fully saturated rings. The molecule has 28 heavy (non-hydrogen) atoms. The van der Waals surface area contributed by atoms with Gasteiger partial charge in [-0.3, -0.25) is 14.6 Å². The zero-order valence-electron chi connectivity index (χ0n) is 16.8. The minimum atomic E-state index is -0.442. The lowest BCUT2D eigenvalue weighted by molar-refractivity contribution is -0.0656. The van der Waals surface area contributed by atoms with Gasteiger partial charge in [0.1, 0.15) is 0 Å². The number of piperazine rings is 1. The average Bonchev–Trinajstić information content (AvgIpc) is 2.99. The van der Waals surface area contributed by atoms with Gasteiger partial charge in [0, 0.05) is 51.0 Å². The lowest BCUT2D eigenvalue weighted by Gasteiger charge is -2.43. The molecule has 0 atom stereocenters. The second kappa shape index (κ2) is 7.77. The van der Waals surface area contributed by atoms with Crippen LogP contribution in [0.15, 0.2) is 23.0 Å². The molecule has 152 valence electrons. The minimum absolute atomic E-state index is 0.0869. The van der Waals surface area contributed by atoms with Gasteiger partial charge in [-0.05, 0) is 45.2 Å². The molecule has 4 rings (SSSR count). The van der Waals surface area contributed by atoms with E-state index in [0.29, 0.717) is 12.4 Å². The fourth-order valence-corrected chi connectivity index (χ4v) is 4.14. The number of aliphatic hydroxyl groups is 1. The standard InChI is InChI=1S/C20H30N6O2/c1-16-14-17(2)26(21-16)18-4-5-19(27)25(22-18)13-12-23-8-10-24(11-9-23)15-20(28)6-3-7-20/h4-5,14,28H,3,6-13,15H2,1-2H3. The third-order valence-corrected chi connectivity index (χ3v) is 5.97. The maximum absolute atomic E-state index is 12.2. The van der Waals surface area contributed by atoms with E-state index in [4.69, 9.17) is 0 Å². The molecule has 8 heteroatoms. The van der Waals surface area contributed by atoms with Crippen LogP contribution in [0, 0.1) is 13.8 Å². The van der Waals surface area contributed by atoms with Crippen LogP contribution in [0.3, 0.4) is 0 Å². The summed E-state index contributed by atoms with van der Waals surface area (Å²) in [5, 5.41) is 19.3. The predicted octanol–water partition coefficient (Wildman–Crippen LogP) is 0.578. The molecule has 2 aromatic heterocycles. The van der Waals surface area contributed by atoms with Crippen molar-refractivity contribution < 1.29 is 5.11 Å².